The number of nitrogens with one attached hydrogen (secondary N) is 3. The van der Waals surface area contributed by atoms with E-state index in [-0.39, 0.29) is 17.7 Å². The molecule has 5 nitrogen and oxygen atoms in total. The summed E-state index contributed by atoms with van der Waals surface area (Å²) in [5, 5.41) is 6.03. The molecule has 25 heavy (non-hydrogen) atoms. The molecule has 0 radical (unpaired) electrons. The second kappa shape index (κ2) is 9.82. The van der Waals surface area contributed by atoms with E-state index >= 15 is 0 Å². The molecule has 0 fully saturated rings. The quantitative estimate of drug-likeness (QED) is 0.395. The molecule has 134 valence electrons. The standard InChI is InChI=1S/C17H20ClN3O2S2/c1-11(9-23-2)19-17(24)21-20-15(22)10-25-14-8-4-6-12-5-3-7-13(18)16(12)14/h3-8,11H,9-10H2,1-2H3,(H,20,22)(H2,19,21,24)/t11-/m0/s1. The van der Waals surface area contributed by atoms with Gasteiger partial charge in [0.2, 0.25) is 5.91 Å². The van der Waals surface area contributed by atoms with Gasteiger partial charge in [-0.25, -0.2) is 0 Å². The summed E-state index contributed by atoms with van der Waals surface area (Å²) in [5.74, 6) is 0.0608. The monoisotopic (exact) mass is 397 g/mol. The van der Waals surface area contributed by atoms with Gasteiger partial charge in [-0.2, -0.15) is 0 Å². The van der Waals surface area contributed by atoms with Crippen molar-refractivity contribution in [3.63, 3.8) is 0 Å². The van der Waals surface area contributed by atoms with Gasteiger partial charge in [0.15, 0.2) is 5.11 Å². The minimum atomic E-state index is -0.183. The zero-order valence-electron chi connectivity index (χ0n) is 14.0. The molecule has 1 atom stereocenters. The zero-order valence-corrected chi connectivity index (χ0v) is 16.4. The number of amides is 1. The van der Waals surface area contributed by atoms with Gasteiger partial charge in [-0.3, -0.25) is 15.6 Å². The molecule has 2 aromatic carbocycles. The third-order valence-corrected chi connectivity index (χ3v) is 4.88. The van der Waals surface area contributed by atoms with Crippen LogP contribution in [0.5, 0.6) is 0 Å². The normalized spacial score (nSPS) is 11.8. The highest BCUT2D eigenvalue weighted by Gasteiger charge is 2.09. The fourth-order valence-corrected chi connectivity index (χ4v) is 3.74. The first kappa shape index (κ1) is 19.8. The number of ether oxygens (including phenoxy) is 1. The first-order chi connectivity index (χ1) is 12.0. The van der Waals surface area contributed by atoms with Gasteiger partial charge in [0.25, 0.3) is 0 Å². The average Bonchev–Trinajstić information content (AvgIpc) is 2.58. The Morgan fingerprint density at radius 1 is 1.28 bits per heavy atom. The Bertz CT molecular complexity index is 753. The van der Waals surface area contributed by atoms with Crippen molar-refractivity contribution in [1.82, 2.24) is 16.2 Å². The van der Waals surface area contributed by atoms with Crippen LogP contribution >= 0.6 is 35.6 Å². The third kappa shape index (κ3) is 6.04. The first-order valence-electron chi connectivity index (χ1n) is 7.65. The van der Waals surface area contributed by atoms with Gasteiger partial charge in [-0.15, -0.1) is 11.8 Å². The molecule has 2 rings (SSSR count). The Labute approximate surface area is 161 Å². The highest BCUT2D eigenvalue weighted by molar-refractivity contribution is 8.00. The maximum atomic E-state index is 12.0. The van der Waals surface area contributed by atoms with E-state index in [2.05, 4.69) is 16.2 Å². The molecule has 0 bridgehead atoms. The van der Waals surface area contributed by atoms with Crippen molar-refractivity contribution in [3.05, 3.63) is 41.4 Å². The van der Waals surface area contributed by atoms with Crippen LogP contribution in [0.2, 0.25) is 5.02 Å². The lowest BCUT2D eigenvalue weighted by atomic mass is 10.1. The lowest BCUT2D eigenvalue weighted by Crippen LogP contribution is -2.50. The Balaban J connectivity index is 1.86. The summed E-state index contributed by atoms with van der Waals surface area (Å²) in [6.07, 6.45) is 0. The number of benzene rings is 2. The van der Waals surface area contributed by atoms with Crippen molar-refractivity contribution in [3.8, 4) is 0 Å². The van der Waals surface area contributed by atoms with Crippen LogP contribution in [0.15, 0.2) is 41.3 Å². The van der Waals surface area contributed by atoms with Gasteiger partial charge in [0, 0.05) is 28.5 Å². The molecule has 0 unspecified atom stereocenters. The highest BCUT2D eigenvalue weighted by atomic mass is 35.5. The molecular weight excluding hydrogens is 378 g/mol. The van der Waals surface area contributed by atoms with Gasteiger partial charge in [0.05, 0.1) is 12.4 Å². The van der Waals surface area contributed by atoms with Crippen molar-refractivity contribution in [2.75, 3.05) is 19.5 Å². The summed E-state index contributed by atoms with van der Waals surface area (Å²) in [4.78, 5) is 13.0. The molecule has 0 saturated carbocycles. The lowest BCUT2D eigenvalue weighted by Gasteiger charge is -2.16. The van der Waals surface area contributed by atoms with Crippen molar-refractivity contribution >= 4 is 57.4 Å². The van der Waals surface area contributed by atoms with E-state index in [0.29, 0.717) is 16.7 Å². The Hall–Kier alpha value is -1.54. The maximum Gasteiger partial charge on any atom is 0.248 e. The number of halogens is 1. The number of thiocarbonyl (C=S) groups is 1. The van der Waals surface area contributed by atoms with Gasteiger partial charge >= 0.3 is 0 Å². The molecule has 0 aliphatic heterocycles. The fourth-order valence-electron chi connectivity index (χ4n) is 2.24. The van der Waals surface area contributed by atoms with Crippen molar-refractivity contribution < 1.29 is 9.53 Å². The molecule has 8 heteroatoms. The van der Waals surface area contributed by atoms with Crippen molar-refractivity contribution in [2.24, 2.45) is 0 Å². The molecule has 0 aromatic heterocycles. The van der Waals surface area contributed by atoms with E-state index in [1.165, 1.54) is 11.8 Å². The van der Waals surface area contributed by atoms with E-state index in [4.69, 9.17) is 28.6 Å². The number of hydrogen-bond acceptors (Lipinski definition) is 4. The molecule has 0 aliphatic carbocycles. The van der Waals surface area contributed by atoms with Crippen LogP contribution in [0.25, 0.3) is 10.8 Å². The summed E-state index contributed by atoms with van der Waals surface area (Å²) >= 11 is 12.8. The lowest BCUT2D eigenvalue weighted by molar-refractivity contribution is -0.119. The average molecular weight is 398 g/mol. The van der Waals surface area contributed by atoms with Crippen molar-refractivity contribution in [2.45, 2.75) is 17.9 Å². The minimum Gasteiger partial charge on any atom is -0.383 e. The predicted octanol–water partition coefficient (Wildman–Crippen LogP) is 3.12. The highest BCUT2D eigenvalue weighted by Crippen LogP contribution is 2.32. The smallest absolute Gasteiger partial charge is 0.248 e. The largest absolute Gasteiger partial charge is 0.383 e. The third-order valence-electron chi connectivity index (χ3n) is 3.28. The maximum absolute atomic E-state index is 12.0. The molecular formula is C17H20ClN3O2S2. The van der Waals surface area contributed by atoms with Crippen LogP contribution in [-0.2, 0) is 9.53 Å². The number of hydrogen-bond donors (Lipinski definition) is 3. The Kier molecular flexibility index (Phi) is 7.77. The number of carbonyl (C=O) groups is 1. The summed E-state index contributed by atoms with van der Waals surface area (Å²) in [7, 11) is 1.62. The summed E-state index contributed by atoms with van der Waals surface area (Å²) in [6.45, 7) is 2.45. The molecule has 0 saturated heterocycles. The topological polar surface area (TPSA) is 62.4 Å². The minimum absolute atomic E-state index is 0.0501. The molecule has 1 amide bonds. The number of fused-ring (bicyclic) bond motifs is 1. The van der Waals surface area contributed by atoms with Gasteiger partial charge in [0.1, 0.15) is 0 Å². The van der Waals surface area contributed by atoms with Crippen LogP contribution < -0.4 is 16.2 Å². The number of carbonyl (C=O) groups excluding carboxylic acids is 1. The first-order valence-corrected chi connectivity index (χ1v) is 9.42. The number of methoxy groups -OCH3 is 1. The van der Waals surface area contributed by atoms with Crippen LogP contribution in [0, 0.1) is 0 Å². The van der Waals surface area contributed by atoms with E-state index < -0.39 is 0 Å². The second-order valence-corrected chi connectivity index (χ2v) is 7.22. The predicted molar refractivity (Wildman–Crippen MR) is 108 cm³/mol. The van der Waals surface area contributed by atoms with Crippen LogP contribution in [0.1, 0.15) is 6.92 Å². The fraction of sp³-hybridized carbons (Fsp3) is 0.294. The number of hydrazine groups is 1. The Morgan fingerprint density at radius 2 is 2.00 bits per heavy atom. The second-order valence-electron chi connectivity index (χ2n) is 5.39. The van der Waals surface area contributed by atoms with E-state index in [1.54, 1.807) is 7.11 Å². The van der Waals surface area contributed by atoms with Gasteiger partial charge in [-0.1, -0.05) is 35.9 Å². The molecule has 0 spiro atoms. The zero-order chi connectivity index (χ0) is 18.2. The van der Waals surface area contributed by atoms with E-state index in [1.807, 2.05) is 43.3 Å². The van der Waals surface area contributed by atoms with Crippen molar-refractivity contribution in [1.29, 1.82) is 0 Å². The molecule has 0 heterocycles. The molecule has 0 aliphatic rings. The Morgan fingerprint density at radius 3 is 2.72 bits per heavy atom. The summed E-state index contributed by atoms with van der Waals surface area (Å²) in [5.41, 5.74) is 5.26. The van der Waals surface area contributed by atoms with Crippen LogP contribution in [-0.4, -0.2) is 36.5 Å². The number of rotatable bonds is 6. The van der Waals surface area contributed by atoms with E-state index in [0.717, 1.165) is 15.7 Å². The SMILES string of the molecule is COC[C@H](C)NC(=S)NNC(=O)CSc1cccc2cccc(Cl)c12. The van der Waals surface area contributed by atoms with Gasteiger partial charge in [-0.05, 0) is 36.7 Å². The molecule has 2 aromatic rings. The molecule has 3 N–H and O–H groups in total. The van der Waals surface area contributed by atoms with Crippen LogP contribution in [0.4, 0.5) is 0 Å². The summed E-state index contributed by atoms with van der Waals surface area (Å²) < 4.78 is 5.01. The number of thioether (sulfide) groups is 1. The van der Waals surface area contributed by atoms with Crippen LogP contribution in [0.3, 0.4) is 0 Å². The summed E-state index contributed by atoms with van der Waals surface area (Å²) in [6, 6.07) is 11.7. The van der Waals surface area contributed by atoms with E-state index in [9.17, 15) is 4.79 Å². The van der Waals surface area contributed by atoms with Gasteiger partial charge < -0.3 is 10.1 Å².